The summed E-state index contributed by atoms with van der Waals surface area (Å²) in [4.78, 5) is 13.8. The van der Waals surface area contributed by atoms with Crippen molar-refractivity contribution in [3.8, 4) is 0 Å². The Morgan fingerprint density at radius 2 is 1.70 bits per heavy atom. The monoisotopic (exact) mass is 397 g/mol. The van der Waals surface area contributed by atoms with Crippen LogP contribution in [0.5, 0.6) is 0 Å². The van der Waals surface area contributed by atoms with Gasteiger partial charge in [0.25, 0.3) is 0 Å². The Balaban J connectivity index is 1.68. The molecular formula is C18H25BFNO5S. The highest BCUT2D eigenvalue weighted by Crippen LogP contribution is 2.36. The van der Waals surface area contributed by atoms with Crippen molar-refractivity contribution in [1.82, 2.24) is 4.90 Å². The third-order valence-electron chi connectivity index (χ3n) is 5.64. The molecule has 0 aromatic heterocycles. The number of hydrogen-bond acceptors (Lipinski definition) is 5. The zero-order valence-electron chi connectivity index (χ0n) is 16.1. The highest BCUT2D eigenvalue weighted by Gasteiger charge is 2.51. The molecular weight excluding hydrogens is 372 g/mol. The molecule has 2 saturated heterocycles. The fraction of sp³-hybridized carbons (Fsp3) is 0.611. The molecule has 2 heterocycles. The fourth-order valence-electron chi connectivity index (χ4n) is 3.07. The van der Waals surface area contributed by atoms with Crippen molar-refractivity contribution < 1.29 is 26.9 Å². The average Bonchev–Trinajstić information content (AvgIpc) is 2.77. The van der Waals surface area contributed by atoms with Gasteiger partial charge in [-0.05, 0) is 44.8 Å². The summed E-state index contributed by atoms with van der Waals surface area (Å²) in [7, 11) is -3.73. The van der Waals surface area contributed by atoms with E-state index in [1.807, 2.05) is 27.7 Å². The molecule has 9 heteroatoms. The van der Waals surface area contributed by atoms with E-state index in [1.54, 1.807) is 12.1 Å². The molecule has 2 aliphatic heterocycles. The van der Waals surface area contributed by atoms with Crippen molar-refractivity contribution in [2.75, 3.05) is 24.6 Å². The number of benzene rings is 1. The predicted molar refractivity (Wildman–Crippen MR) is 101 cm³/mol. The van der Waals surface area contributed by atoms with Crippen LogP contribution in [-0.4, -0.2) is 62.1 Å². The van der Waals surface area contributed by atoms with Crippen molar-refractivity contribution in [3.63, 3.8) is 0 Å². The largest absolute Gasteiger partial charge is 0.494 e. The van der Waals surface area contributed by atoms with Crippen LogP contribution in [0.1, 0.15) is 33.3 Å². The quantitative estimate of drug-likeness (QED) is 0.710. The van der Waals surface area contributed by atoms with Crippen LogP contribution in [0.15, 0.2) is 18.2 Å². The summed E-state index contributed by atoms with van der Waals surface area (Å²) in [6.45, 7) is 8.03. The molecule has 1 aromatic carbocycles. The van der Waals surface area contributed by atoms with E-state index in [9.17, 15) is 17.6 Å². The third-order valence-corrected chi connectivity index (χ3v) is 7.25. The number of carbonyl (C=O) groups is 1. The molecule has 0 unspecified atom stereocenters. The second-order valence-corrected chi connectivity index (χ2v) is 10.5. The highest BCUT2D eigenvalue weighted by atomic mass is 32.2. The lowest BCUT2D eigenvalue weighted by atomic mass is 9.78. The number of hydrogen-bond donors (Lipinski definition) is 0. The molecule has 148 valence electrons. The SMILES string of the molecule is CC1(C)OB(c2ccc(CC(=O)N3CCS(=O)(=O)CC3)c(F)c2)OC1(C)C. The third kappa shape index (κ3) is 4.20. The summed E-state index contributed by atoms with van der Waals surface area (Å²) in [5.41, 5.74) is -0.200. The molecule has 2 aliphatic rings. The number of sulfone groups is 1. The molecule has 1 amide bonds. The Hall–Kier alpha value is -1.45. The van der Waals surface area contributed by atoms with Gasteiger partial charge in [-0.25, -0.2) is 12.8 Å². The first-order chi connectivity index (χ1) is 12.4. The minimum absolute atomic E-state index is 0.0396. The molecule has 1 aromatic rings. The van der Waals surface area contributed by atoms with Gasteiger partial charge in [-0.2, -0.15) is 0 Å². The molecule has 3 rings (SSSR count). The van der Waals surface area contributed by atoms with E-state index in [1.165, 1.54) is 11.0 Å². The average molecular weight is 397 g/mol. The van der Waals surface area contributed by atoms with Gasteiger partial charge in [-0.3, -0.25) is 4.79 Å². The Kier molecular flexibility index (Phi) is 5.16. The van der Waals surface area contributed by atoms with Crippen LogP contribution in [0.25, 0.3) is 0 Å². The number of amides is 1. The molecule has 6 nitrogen and oxygen atoms in total. The normalized spacial score (nSPS) is 23.4. The van der Waals surface area contributed by atoms with Gasteiger partial charge in [0.05, 0.1) is 29.1 Å². The molecule has 0 N–H and O–H groups in total. The lowest BCUT2D eigenvalue weighted by molar-refractivity contribution is -0.130. The zero-order valence-corrected chi connectivity index (χ0v) is 16.9. The summed E-state index contributed by atoms with van der Waals surface area (Å²) in [6, 6.07) is 4.61. The maximum atomic E-state index is 14.6. The number of carbonyl (C=O) groups excluding carboxylic acids is 1. The van der Waals surface area contributed by atoms with Crippen LogP contribution in [0.4, 0.5) is 4.39 Å². The minimum atomic E-state index is -3.06. The Labute approximate surface area is 160 Å². The van der Waals surface area contributed by atoms with Gasteiger partial charge in [0.2, 0.25) is 5.91 Å². The predicted octanol–water partition coefficient (Wildman–Crippen LogP) is 0.924. The van der Waals surface area contributed by atoms with E-state index in [2.05, 4.69) is 0 Å². The summed E-state index contributed by atoms with van der Waals surface area (Å²) in [6.07, 6.45) is -0.102. The zero-order chi connectivity index (χ0) is 20.0. The first-order valence-corrected chi connectivity index (χ1v) is 10.8. The maximum absolute atomic E-state index is 14.6. The summed E-state index contributed by atoms with van der Waals surface area (Å²) in [5.74, 6) is -0.850. The van der Waals surface area contributed by atoms with E-state index in [-0.39, 0.29) is 42.5 Å². The molecule has 27 heavy (non-hydrogen) atoms. The van der Waals surface area contributed by atoms with Crippen LogP contribution in [0, 0.1) is 5.82 Å². The standard InChI is InChI=1S/C18H25BFNO5S/c1-17(2)18(3,4)26-19(25-17)14-6-5-13(15(20)12-14)11-16(22)21-7-9-27(23,24)10-8-21/h5-6,12H,7-11H2,1-4H3. The van der Waals surface area contributed by atoms with Crippen molar-refractivity contribution >= 4 is 28.3 Å². The number of halogens is 1. The fourth-order valence-corrected chi connectivity index (χ4v) is 4.27. The van der Waals surface area contributed by atoms with Gasteiger partial charge >= 0.3 is 7.12 Å². The van der Waals surface area contributed by atoms with Crippen LogP contribution in [0.2, 0.25) is 0 Å². The van der Waals surface area contributed by atoms with Crippen molar-refractivity contribution in [2.24, 2.45) is 0 Å². The second-order valence-electron chi connectivity index (χ2n) is 8.15. The number of rotatable bonds is 3. The van der Waals surface area contributed by atoms with Gasteiger partial charge in [0.15, 0.2) is 9.84 Å². The molecule has 0 atom stereocenters. The second kappa shape index (κ2) is 6.86. The van der Waals surface area contributed by atoms with Crippen LogP contribution in [-0.2, 0) is 30.4 Å². The van der Waals surface area contributed by atoms with E-state index >= 15 is 0 Å². The van der Waals surface area contributed by atoms with Crippen LogP contribution >= 0.6 is 0 Å². The molecule has 0 aliphatic carbocycles. The Morgan fingerprint density at radius 3 is 2.22 bits per heavy atom. The van der Waals surface area contributed by atoms with Crippen molar-refractivity contribution in [1.29, 1.82) is 0 Å². The lowest BCUT2D eigenvalue weighted by Crippen LogP contribution is -2.44. The molecule has 0 saturated carbocycles. The van der Waals surface area contributed by atoms with E-state index < -0.39 is 34.0 Å². The highest BCUT2D eigenvalue weighted by molar-refractivity contribution is 7.91. The van der Waals surface area contributed by atoms with Gasteiger partial charge < -0.3 is 14.2 Å². The van der Waals surface area contributed by atoms with Gasteiger partial charge in [-0.15, -0.1) is 0 Å². The number of nitrogens with zero attached hydrogens (tertiary/aromatic N) is 1. The van der Waals surface area contributed by atoms with Crippen LogP contribution in [0.3, 0.4) is 0 Å². The minimum Gasteiger partial charge on any atom is -0.399 e. The van der Waals surface area contributed by atoms with Gasteiger partial charge in [0, 0.05) is 13.1 Å². The summed E-state index contributed by atoms with van der Waals surface area (Å²) in [5, 5.41) is 0. The smallest absolute Gasteiger partial charge is 0.399 e. The lowest BCUT2D eigenvalue weighted by Gasteiger charge is -2.32. The first-order valence-electron chi connectivity index (χ1n) is 9.02. The Bertz CT molecular complexity index is 825. The van der Waals surface area contributed by atoms with E-state index in [0.717, 1.165) is 0 Å². The summed E-state index contributed by atoms with van der Waals surface area (Å²) < 4.78 is 49.3. The van der Waals surface area contributed by atoms with Gasteiger partial charge in [-0.1, -0.05) is 12.1 Å². The van der Waals surface area contributed by atoms with E-state index in [4.69, 9.17) is 9.31 Å². The van der Waals surface area contributed by atoms with Crippen LogP contribution < -0.4 is 5.46 Å². The van der Waals surface area contributed by atoms with Gasteiger partial charge in [0.1, 0.15) is 5.82 Å². The topological polar surface area (TPSA) is 72.9 Å². The first kappa shape index (κ1) is 20.3. The Morgan fingerprint density at radius 1 is 1.15 bits per heavy atom. The summed E-state index contributed by atoms with van der Waals surface area (Å²) >= 11 is 0. The molecule has 0 radical (unpaired) electrons. The molecule has 0 spiro atoms. The van der Waals surface area contributed by atoms with Crippen molar-refractivity contribution in [2.45, 2.75) is 45.3 Å². The molecule has 2 fully saturated rings. The molecule has 0 bridgehead atoms. The van der Waals surface area contributed by atoms with E-state index in [0.29, 0.717) is 5.46 Å². The van der Waals surface area contributed by atoms with Crippen molar-refractivity contribution in [3.05, 3.63) is 29.6 Å². The maximum Gasteiger partial charge on any atom is 0.494 e.